The number of H-pyrrole nitrogens is 1. The zero-order valence-electron chi connectivity index (χ0n) is 19.1. The number of nitrogens with zero attached hydrogens (tertiary/aromatic N) is 4. The summed E-state index contributed by atoms with van der Waals surface area (Å²) in [5.74, 6) is 0.893. The van der Waals surface area contributed by atoms with E-state index in [0.29, 0.717) is 56.8 Å². The van der Waals surface area contributed by atoms with Crippen LogP contribution in [0.1, 0.15) is 18.4 Å². The molecule has 3 aromatic rings. The average molecular weight is 503 g/mol. The molecule has 190 valence electrons. The third-order valence-electron chi connectivity index (χ3n) is 7.28. The van der Waals surface area contributed by atoms with E-state index in [1.54, 1.807) is 12.1 Å². The van der Waals surface area contributed by atoms with Gasteiger partial charge in [-0.05, 0) is 24.5 Å². The van der Waals surface area contributed by atoms with E-state index in [0.717, 1.165) is 18.4 Å². The van der Waals surface area contributed by atoms with Crippen molar-refractivity contribution in [3.63, 3.8) is 0 Å². The van der Waals surface area contributed by atoms with Gasteiger partial charge in [0.1, 0.15) is 17.0 Å². The Morgan fingerprint density at radius 3 is 2.81 bits per heavy atom. The number of ether oxygens (including phenoxy) is 2. The van der Waals surface area contributed by atoms with Crippen molar-refractivity contribution in [1.29, 1.82) is 0 Å². The van der Waals surface area contributed by atoms with E-state index in [1.807, 2.05) is 0 Å². The molecule has 0 spiro atoms. The van der Waals surface area contributed by atoms with Crippen LogP contribution in [0.5, 0.6) is 0 Å². The number of fused-ring (bicyclic) bond motifs is 3. The van der Waals surface area contributed by atoms with Crippen molar-refractivity contribution in [2.24, 2.45) is 5.92 Å². The van der Waals surface area contributed by atoms with Gasteiger partial charge in [-0.25, -0.2) is 15.0 Å². The van der Waals surface area contributed by atoms with Crippen LogP contribution < -0.4 is 15.5 Å². The Morgan fingerprint density at radius 1 is 1.25 bits per heavy atom. The number of hydrogen-bond acceptors (Lipinski definition) is 9. The second kappa shape index (κ2) is 8.59. The number of aromatic nitrogens is 4. The van der Waals surface area contributed by atoms with E-state index >= 15 is 0 Å². The Bertz CT molecular complexity index is 1280. The summed E-state index contributed by atoms with van der Waals surface area (Å²) in [5, 5.41) is 6.85. The molecule has 0 amide bonds. The monoisotopic (exact) mass is 503 g/mol. The van der Waals surface area contributed by atoms with Gasteiger partial charge < -0.3 is 24.7 Å². The largest absolute Gasteiger partial charge is 0.444 e. The minimum Gasteiger partial charge on any atom is -0.444 e. The highest BCUT2D eigenvalue weighted by Gasteiger charge is 2.56. The first-order chi connectivity index (χ1) is 17.4. The van der Waals surface area contributed by atoms with E-state index in [9.17, 15) is 18.0 Å². The Kier molecular flexibility index (Phi) is 5.48. The molecule has 0 radical (unpaired) electrons. The lowest BCUT2D eigenvalue weighted by Gasteiger charge is -2.30. The number of morpholine rings is 1. The van der Waals surface area contributed by atoms with Crippen LogP contribution in [0.4, 0.5) is 24.9 Å². The molecule has 10 nitrogen and oxygen atoms in total. The first-order valence-corrected chi connectivity index (χ1v) is 11.8. The van der Waals surface area contributed by atoms with Gasteiger partial charge >= 0.3 is 6.18 Å². The Morgan fingerprint density at radius 2 is 2.08 bits per heavy atom. The molecule has 6 rings (SSSR count). The molecule has 3 atom stereocenters. The summed E-state index contributed by atoms with van der Waals surface area (Å²) in [6, 6.07) is 3.19. The van der Waals surface area contributed by atoms with Crippen molar-refractivity contribution in [3.05, 3.63) is 30.1 Å². The minimum absolute atomic E-state index is 0.0321. The number of rotatable bonds is 6. The number of halogens is 3. The van der Waals surface area contributed by atoms with Crippen molar-refractivity contribution in [3.8, 4) is 11.3 Å². The van der Waals surface area contributed by atoms with Crippen molar-refractivity contribution in [2.45, 2.75) is 30.8 Å². The van der Waals surface area contributed by atoms with Crippen LogP contribution in [-0.4, -0.2) is 71.0 Å². The number of carbonyl (C=O) groups excluding carboxylic acids is 1. The molecule has 2 bridgehead atoms. The number of pyridine rings is 1. The summed E-state index contributed by atoms with van der Waals surface area (Å²) in [4.78, 5) is 29.0. The number of piperidine rings is 1. The first kappa shape index (κ1) is 23.0. The van der Waals surface area contributed by atoms with Crippen LogP contribution in [0.2, 0.25) is 0 Å². The maximum Gasteiger partial charge on any atom is 0.419 e. The normalized spacial score (nSPS) is 25.9. The van der Waals surface area contributed by atoms with E-state index in [4.69, 9.17) is 9.47 Å². The Labute approximate surface area is 203 Å². The van der Waals surface area contributed by atoms with Crippen molar-refractivity contribution >= 4 is 29.3 Å². The molecule has 36 heavy (non-hydrogen) atoms. The fraction of sp³-hybridized carbons (Fsp3) is 0.478. The molecule has 3 aliphatic rings. The molecular weight excluding hydrogens is 479 g/mol. The van der Waals surface area contributed by atoms with E-state index in [-0.39, 0.29) is 29.2 Å². The highest BCUT2D eigenvalue weighted by Crippen LogP contribution is 2.43. The Balaban J connectivity index is 1.37. The zero-order chi connectivity index (χ0) is 24.9. The number of aromatic amines is 1. The van der Waals surface area contributed by atoms with Gasteiger partial charge in [0.25, 0.3) is 6.47 Å². The molecule has 1 saturated carbocycles. The number of carbonyl (C=O) groups is 1. The van der Waals surface area contributed by atoms with Crippen molar-refractivity contribution < 1.29 is 27.4 Å². The molecule has 1 aliphatic carbocycles. The van der Waals surface area contributed by atoms with Crippen molar-refractivity contribution in [1.82, 2.24) is 25.3 Å². The van der Waals surface area contributed by atoms with E-state index in [2.05, 4.69) is 35.5 Å². The first-order valence-electron chi connectivity index (χ1n) is 11.8. The summed E-state index contributed by atoms with van der Waals surface area (Å²) in [6.07, 6.45) is -0.975. The molecule has 2 saturated heterocycles. The molecule has 0 aromatic carbocycles. The van der Waals surface area contributed by atoms with Gasteiger partial charge in [0, 0.05) is 49.4 Å². The van der Waals surface area contributed by atoms with Crippen LogP contribution in [-0.2, 0) is 20.4 Å². The minimum atomic E-state index is -4.66. The highest BCUT2D eigenvalue weighted by atomic mass is 19.4. The number of hydrogen-bond donors (Lipinski definition) is 3. The van der Waals surface area contributed by atoms with Gasteiger partial charge in [-0.15, -0.1) is 0 Å². The second-order valence-electron chi connectivity index (χ2n) is 9.23. The van der Waals surface area contributed by atoms with Crippen LogP contribution in [0.3, 0.4) is 0 Å². The molecule has 3 fully saturated rings. The van der Waals surface area contributed by atoms with Crippen LogP contribution in [0, 0.1) is 5.92 Å². The van der Waals surface area contributed by atoms with Gasteiger partial charge in [-0.2, -0.15) is 13.2 Å². The third kappa shape index (κ3) is 3.82. The standard InChI is InChI=1S/C23H24F3N7O3/c24-23(25,26)16-11-28-21(32-19-13-3-4-22(19,29-9-13)36-12-34)31-18(16)15-10-27-20-14(15)1-2-17(30-20)33-5-7-35-8-6-33/h1-2,10-13,19,29H,3-9H2,(H,27,30)(H,28,31,32)/t13-,19-,22-/m1/s1. The number of alkyl halides is 3. The molecule has 3 aromatic heterocycles. The topological polar surface area (TPSA) is 117 Å². The molecule has 13 heteroatoms. The second-order valence-corrected chi connectivity index (χ2v) is 9.23. The quantitative estimate of drug-likeness (QED) is 0.436. The molecule has 3 N–H and O–H groups in total. The molecule has 0 unspecified atom stereocenters. The summed E-state index contributed by atoms with van der Waals surface area (Å²) < 4.78 is 52.6. The summed E-state index contributed by atoms with van der Waals surface area (Å²) in [5.41, 5.74) is -1.38. The lowest BCUT2D eigenvalue weighted by molar-refractivity contribution is -0.145. The van der Waals surface area contributed by atoms with Gasteiger partial charge in [-0.1, -0.05) is 0 Å². The van der Waals surface area contributed by atoms with Gasteiger partial charge in [0.2, 0.25) is 5.95 Å². The van der Waals surface area contributed by atoms with E-state index < -0.39 is 17.5 Å². The van der Waals surface area contributed by atoms with Crippen LogP contribution in [0.25, 0.3) is 22.3 Å². The number of anilines is 2. The Hall–Kier alpha value is -3.45. The predicted molar refractivity (Wildman–Crippen MR) is 123 cm³/mol. The zero-order valence-corrected chi connectivity index (χ0v) is 19.1. The van der Waals surface area contributed by atoms with Crippen molar-refractivity contribution in [2.75, 3.05) is 43.1 Å². The van der Waals surface area contributed by atoms with E-state index in [1.165, 1.54) is 6.20 Å². The van der Waals surface area contributed by atoms with Gasteiger partial charge in [0.05, 0.1) is 24.9 Å². The molecule has 5 heterocycles. The summed E-state index contributed by atoms with van der Waals surface area (Å²) in [7, 11) is 0. The maximum atomic E-state index is 14.0. The summed E-state index contributed by atoms with van der Waals surface area (Å²) >= 11 is 0. The average Bonchev–Trinajstić information content (AvgIpc) is 3.55. The fourth-order valence-electron chi connectivity index (χ4n) is 5.48. The van der Waals surface area contributed by atoms with Gasteiger partial charge in [-0.3, -0.25) is 10.1 Å². The molecular formula is C23H24F3N7O3. The molecule has 2 aliphatic heterocycles. The summed E-state index contributed by atoms with van der Waals surface area (Å²) in [6.45, 7) is 3.59. The maximum absolute atomic E-state index is 14.0. The van der Waals surface area contributed by atoms with Crippen LogP contribution >= 0.6 is 0 Å². The number of nitrogens with one attached hydrogen (secondary N) is 3. The predicted octanol–water partition coefficient (Wildman–Crippen LogP) is 2.54. The third-order valence-corrected chi connectivity index (χ3v) is 7.28. The van der Waals surface area contributed by atoms with Gasteiger partial charge in [0.15, 0.2) is 5.72 Å². The lowest BCUT2D eigenvalue weighted by atomic mass is 10.1. The fourth-order valence-corrected chi connectivity index (χ4v) is 5.48. The highest BCUT2D eigenvalue weighted by molar-refractivity contribution is 5.94. The lowest BCUT2D eigenvalue weighted by Crippen LogP contribution is -2.51. The van der Waals surface area contributed by atoms with Crippen LogP contribution in [0.15, 0.2) is 24.5 Å². The smallest absolute Gasteiger partial charge is 0.419 e. The SMILES string of the molecule is O=CO[C@@]12CC[C@H](CN1)[C@H]2Nc1ncc(C(F)(F)F)c(-c2c[nH]c3nc(N4CCOCC4)ccc23)n1.